The van der Waals surface area contributed by atoms with Crippen LogP contribution in [0.5, 0.6) is 0 Å². The summed E-state index contributed by atoms with van der Waals surface area (Å²) in [4.78, 5) is 6.62. The van der Waals surface area contributed by atoms with Crippen molar-refractivity contribution >= 4 is 40.0 Å². The minimum Gasteiger partial charge on any atom is -0.364 e. The molecule has 0 unspecified atom stereocenters. The fourth-order valence-electron chi connectivity index (χ4n) is 3.09. The van der Waals surface area contributed by atoms with Crippen molar-refractivity contribution in [3.05, 3.63) is 53.2 Å². The maximum absolute atomic E-state index is 13.7. The number of halogens is 2. The van der Waals surface area contributed by atoms with Crippen molar-refractivity contribution in [2.24, 2.45) is 4.99 Å². The number of hydrogen-bond donors (Lipinski definition) is 1. The second kappa shape index (κ2) is 11.0. The molecule has 1 N–H and O–H groups in total. The highest BCUT2D eigenvalue weighted by molar-refractivity contribution is 14.0. The second-order valence-electron chi connectivity index (χ2n) is 6.89. The standard InChI is InChI=1S/C19H26FN5O3S.HI/c1-3-21-19(22-13-16-5-4-15(2)18(20)12-16)24-7-9-25(10-8-24)29(26,27)14-17-6-11-28-23-17;/h4-6,11-12H,3,7-10,13-14H2,1-2H3,(H,21,22);1H. The molecule has 0 aliphatic carbocycles. The Kier molecular flexibility index (Phi) is 9.04. The van der Waals surface area contributed by atoms with E-state index in [9.17, 15) is 12.8 Å². The Bertz CT molecular complexity index is 945. The lowest BCUT2D eigenvalue weighted by Gasteiger charge is -2.35. The third-order valence-electron chi connectivity index (χ3n) is 4.74. The third kappa shape index (κ3) is 6.38. The van der Waals surface area contributed by atoms with Crippen LogP contribution < -0.4 is 5.32 Å². The number of aliphatic imine (C=N–C) groups is 1. The monoisotopic (exact) mass is 551 g/mol. The number of aryl methyl sites for hydroxylation is 1. The number of sulfonamides is 1. The molecule has 1 aromatic heterocycles. The average Bonchev–Trinajstić information content (AvgIpc) is 3.20. The van der Waals surface area contributed by atoms with E-state index < -0.39 is 10.0 Å². The lowest BCUT2D eigenvalue weighted by Crippen LogP contribution is -2.53. The predicted octanol–water partition coefficient (Wildman–Crippen LogP) is 2.35. The van der Waals surface area contributed by atoms with Gasteiger partial charge in [0, 0.05) is 38.8 Å². The molecular formula is C19H27FIN5O3S. The van der Waals surface area contributed by atoms with Gasteiger partial charge >= 0.3 is 0 Å². The van der Waals surface area contributed by atoms with Crippen LogP contribution in [0.4, 0.5) is 4.39 Å². The van der Waals surface area contributed by atoms with Crippen molar-refractivity contribution in [1.82, 2.24) is 19.7 Å². The molecule has 1 fully saturated rings. The van der Waals surface area contributed by atoms with Crippen LogP contribution in [-0.2, 0) is 22.3 Å². The van der Waals surface area contributed by atoms with Gasteiger partial charge in [-0.3, -0.25) is 0 Å². The zero-order valence-electron chi connectivity index (χ0n) is 17.0. The van der Waals surface area contributed by atoms with Crippen molar-refractivity contribution < 1.29 is 17.3 Å². The van der Waals surface area contributed by atoms with Gasteiger partial charge in [-0.1, -0.05) is 17.3 Å². The van der Waals surface area contributed by atoms with Crippen LogP contribution in [0, 0.1) is 12.7 Å². The number of rotatable bonds is 6. The summed E-state index contributed by atoms with van der Waals surface area (Å²) >= 11 is 0. The fourth-order valence-corrected chi connectivity index (χ4v) is 4.52. The van der Waals surface area contributed by atoms with Gasteiger partial charge in [0.15, 0.2) is 5.96 Å². The summed E-state index contributed by atoms with van der Waals surface area (Å²) in [6.07, 6.45) is 1.36. The average molecular weight is 551 g/mol. The smallest absolute Gasteiger partial charge is 0.220 e. The van der Waals surface area contributed by atoms with E-state index in [-0.39, 0.29) is 35.5 Å². The molecule has 2 heterocycles. The minimum absolute atomic E-state index is 0. The van der Waals surface area contributed by atoms with Crippen molar-refractivity contribution in [1.29, 1.82) is 0 Å². The number of aromatic nitrogens is 1. The normalized spacial score (nSPS) is 15.7. The number of hydrogen-bond acceptors (Lipinski definition) is 5. The summed E-state index contributed by atoms with van der Waals surface area (Å²) in [5, 5.41) is 6.91. The first-order chi connectivity index (χ1) is 13.9. The first-order valence-electron chi connectivity index (χ1n) is 9.54. The van der Waals surface area contributed by atoms with E-state index in [0.29, 0.717) is 56.5 Å². The molecule has 8 nitrogen and oxygen atoms in total. The molecule has 0 bridgehead atoms. The molecule has 30 heavy (non-hydrogen) atoms. The molecule has 1 aromatic carbocycles. The molecule has 0 atom stereocenters. The largest absolute Gasteiger partial charge is 0.364 e. The van der Waals surface area contributed by atoms with E-state index in [1.807, 2.05) is 17.9 Å². The van der Waals surface area contributed by atoms with E-state index in [0.717, 1.165) is 5.56 Å². The van der Waals surface area contributed by atoms with Crippen LogP contribution in [0.25, 0.3) is 0 Å². The minimum atomic E-state index is -3.45. The highest BCUT2D eigenvalue weighted by Crippen LogP contribution is 2.14. The lowest BCUT2D eigenvalue weighted by atomic mass is 10.1. The Labute approximate surface area is 193 Å². The topological polar surface area (TPSA) is 91.0 Å². The molecule has 2 aromatic rings. The summed E-state index contributed by atoms with van der Waals surface area (Å²) in [7, 11) is -3.45. The summed E-state index contributed by atoms with van der Waals surface area (Å²) in [6, 6.07) is 6.65. The van der Waals surface area contributed by atoms with Gasteiger partial charge in [-0.15, -0.1) is 24.0 Å². The highest BCUT2D eigenvalue weighted by atomic mass is 127. The van der Waals surface area contributed by atoms with Crippen LogP contribution in [-0.4, -0.2) is 61.5 Å². The third-order valence-corrected chi connectivity index (χ3v) is 6.55. The SMILES string of the molecule is CCNC(=NCc1ccc(C)c(F)c1)N1CCN(S(=O)(=O)Cc2ccon2)CC1.I. The Morgan fingerprint density at radius 2 is 2.00 bits per heavy atom. The first kappa shape index (κ1) is 24.5. The number of guanidine groups is 1. The van der Waals surface area contributed by atoms with Crippen LogP contribution in [0.3, 0.4) is 0 Å². The summed E-state index contributed by atoms with van der Waals surface area (Å²) < 4.78 is 45.1. The molecular weight excluding hydrogens is 524 g/mol. The number of piperazine rings is 1. The summed E-state index contributed by atoms with van der Waals surface area (Å²) in [6.45, 7) is 6.50. The predicted molar refractivity (Wildman–Crippen MR) is 124 cm³/mol. The van der Waals surface area contributed by atoms with Gasteiger partial charge in [0.25, 0.3) is 0 Å². The van der Waals surface area contributed by atoms with E-state index in [1.54, 1.807) is 19.1 Å². The van der Waals surface area contributed by atoms with Gasteiger partial charge in [0.05, 0.1) is 12.2 Å². The molecule has 0 amide bonds. The van der Waals surface area contributed by atoms with Gasteiger partial charge in [0.2, 0.25) is 10.0 Å². The zero-order valence-corrected chi connectivity index (χ0v) is 20.2. The van der Waals surface area contributed by atoms with Crippen LogP contribution in [0.2, 0.25) is 0 Å². The molecule has 11 heteroatoms. The van der Waals surface area contributed by atoms with Crippen LogP contribution in [0.1, 0.15) is 23.7 Å². The van der Waals surface area contributed by atoms with Crippen LogP contribution in [0.15, 0.2) is 40.0 Å². The molecule has 1 aliphatic heterocycles. The van der Waals surface area contributed by atoms with Crippen molar-refractivity contribution in [3.8, 4) is 0 Å². The Balaban J connectivity index is 0.00000320. The maximum atomic E-state index is 13.7. The van der Waals surface area contributed by atoms with Crippen molar-refractivity contribution in [2.45, 2.75) is 26.1 Å². The highest BCUT2D eigenvalue weighted by Gasteiger charge is 2.29. The molecule has 0 radical (unpaired) electrons. The summed E-state index contributed by atoms with van der Waals surface area (Å²) in [5.74, 6) is 0.284. The molecule has 0 saturated carbocycles. The number of benzene rings is 1. The van der Waals surface area contributed by atoms with E-state index in [1.165, 1.54) is 16.6 Å². The molecule has 3 rings (SSSR count). The van der Waals surface area contributed by atoms with Crippen LogP contribution >= 0.6 is 24.0 Å². The maximum Gasteiger partial charge on any atom is 0.220 e. The van der Waals surface area contributed by atoms with Gasteiger partial charge in [0.1, 0.15) is 17.8 Å². The quantitative estimate of drug-likeness (QED) is 0.337. The fraction of sp³-hybridized carbons (Fsp3) is 0.474. The van der Waals surface area contributed by atoms with E-state index >= 15 is 0 Å². The second-order valence-corrected chi connectivity index (χ2v) is 8.86. The molecule has 1 aliphatic rings. The van der Waals surface area contributed by atoms with Crippen molar-refractivity contribution in [3.63, 3.8) is 0 Å². The number of nitrogens with zero attached hydrogens (tertiary/aromatic N) is 4. The number of nitrogens with one attached hydrogen (secondary N) is 1. The molecule has 1 saturated heterocycles. The Morgan fingerprint density at radius 1 is 1.27 bits per heavy atom. The Morgan fingerprint density at radius 3 is 2.60 bits per heavy atom. The van der Waals surface area contributed by atoms with Gasteiger partial charge in [-0.25, -0.2) is 17.8 Å². The van der Waals surface area contributed by atoms with Gasteiger partial charge in [-0.2, -0.15) is 4.31 Å². The van der Waals surface area contributed by atoms with Crippen molar-refractivity contribution in [2.75, 3.05) is 32.7 Å². The zero-order chi connectivity index (χ0) is 20.9. The summed E-state index contributed by atoms with van der Waals surface area (Å²) in [5.41, 5.74) is 1.79. The van der Waals surface area contributed by atoms with E-state index in [2.05, 4.69) is 15.5 Å². The molecule has 0 spiro atoms. The first-order valence-corrected chi connectivity index (χ1v) is 11.2. The Hall–Kier alpha value is -1.73. The molecule has 166 valence electrons. The van der Waals surface area contributed by atoms with E-state index in [4.69, 9.17) is 4.52 Å². The lowest BCUT2D eigenvalue weighted by molar-refractivity contribution is 0.259. The van der Waals surface area contributed by atoms with Gasteiger partial charge in [-0.05, 0) is 31.0 Å². The van der Waals surface area contributed by atoms with Gasteiger partial charge < -0.3 is 14.7 Å².